The minimum Gasteiger partial charge on any atom is -0.382 e. The van der Waals surface area contributed by atoms with Gasteiger partial charge in [0.25, 0.3) is 0 Å². The molecule has 0 saturated carbocycles. The number of aliphatic hydroxyl groups is 1. The van der Waals surface area contributed by atoms with Crippen molar-refractivity contribution in [3.05, 3.63) is 83.2 Å². The van der Waals surface area contributed by atoms with E-state index in [2.05, 4.69) is 15.6 Å². The van der Waals surface area contributed by atoms with E-state index in [9.17, 15) is 9.90 Å². The van der Waals surface area contributed by atoms with Crippen LogP contribution in [0.15, 0.2) is 60.8 Å². The van der Waals surface area contributed by atoms with Crippen LogP contribution in [0.25, 0.3) is 0 Å². The molecule has 1 atom stereocenters. The van der Waals surface area contributed by atoms with Crippen molar-refractivity contribution in [3.8, 4) is 0 Å². The number of carbonyl (C=O) groups is 1. The molecule has 7 nitrogen and oxygen atoms in total. The van der Waals surface area contributed by atoms with Crippen molar-refractivity contribution in [2.24, 2.45) is 0 Å². The summed E-state index contributed by atoms with van der Waals surface area (Å²) in [6.45, 7) is 1.03. The second-order valence-electron chi connectivity index (χ2n) is 6.18. The van der Waals surface area contributed by atoms with Gasteiger partial charge in [-0.2, -0.15) is 0 Å². The van der Waals surface area contributed by atoms with Gasteiger partial charge in [-0.25, -0.2) is 4.68 Å². The molecule has 0 bridgehead atoms. The first kappa shape index (κ1) is 18.8. The lowest BCUT2D eigenvalue weighted by Crippen LogP contribution is -2.27. The lowest BCUT2D eigenvalue weighted by Gasteiger charge is -2.07. The van der Waals surface area contributed by atoms with Gasteiger partial charge in [0.1, 0.15) is 18.3 Å². The fourth-order valence-corrected chi connectivity index (χ4v) is 2.65. The minimum atomic E-state index is -0.867. The van der Waals surface area contributed by atoms with Gasteiger partial charge in [-0.05, 0) is 16.7 Å². The second kappa shape index (κ2) is 9.07. The number of hydrogen-bond donors (Lipinski definition) is 2. The van der Waals surface area contributed by atoms with Gasteiger partial charge in [-0.15, -0.1) is 5.10 Å². The van der Waals surface area contributed by atoms with Crippen LogP contribution in [0.3, 0.4) is 0 Å². The van der Waals surface area contributed by atoms with Crippen molar-refractivity contribution in [3.63, 3.8) is 0 Å². The highest BCUT2D eigenvalue weighted by Gasteiger charge is 2.15. The summed E-state index contributed by atoms with van der Waals surface area (Å²) in [5.74, 6) is -0.179. The first-order valence-corrected chi connectivity index (χ1v) is 8.62. The molecule has 0 aliphatic heterocycles. The van der Waals surface area contributed by atoms with E-state index in [-0.39, 0.29) is 12.5 Å². The van der Waals surface area contributed by atoms with Crippen molar-refractivity contribution in [1.82, 2.24) is 20.3 Å². The zero-order chi connectivity index (χ0) is 19.1. The molecule has 0 saturated heterocycles. The van der Waals surface area contributed by atoms with Gasteiger partial charge in [0.2, 0.25) is 5.91 Å². The Hall–Kier alpha value is -3.03. The highest BCUT2D eigenvalue weighted by molar-refractivity contribution is 5.75. The Labute approximate surface area is 157 Å². The number of ether oxygens (including phenoxy) is 1. The highest BCUT2D eigenvalue weighted by Crippen LogP contribution is 2.18. The Morgan fingerprint density at radius 2 is 1.85 bits per heavy atom. The topological polar surface area (TPSA) is 89.3 Å². The predicted octanol–water partition coefficient (Wildman–Crippen LogP) is 1.82. The summed E-state index contributed by atoms with van der Waals surface area (Å²) >= 11 is 0. The molecule has 0 aliphatic carbocycles. The van der Waals surface area contributed by atoms with Crippen LogP contribution in [0, 0.1) is 0 Å². The number of aliphatic hydroxyl groups excluding tert-OH is 1. The van der Waals surface area contributed by atoms with Gasteiger partial charge < -0.3 is 15.2 Å². The Morgan fingerprint density at radius 3 is 2.56 bits per heavy atom. The van der Waals surface area contributed by atoms with Gasteiger partial charge in [-0.3, -0.25) is 4.79 Å². The van der Waals surface area contributed by atoms with E-state index in [4.69, 9.17) is 4.74 Å². The quantitative estimate of drug-likeness (QED) is 0.635. The van der Waals surface area contributed by atoms with E-state index in [0.717, 1.165) is 16.7 Å². The second-order valence-corrected chi connectivity index (χ2v) is 6.18. The van der Waals surface area contributed by atoms with Crippen molar-refractivity contribution < 1.29 is 14.6 Å². The summed E-state index contributed by atoms with van der Waals surface area (Å²) in [7, 11) is 1.66. The SMILES string of the molecule is COCc1ccc(CNC(=O)Cn2cc([C@H](O)c3ccccc3)nn2)cc1. The number of carbonyl (C=O) groups excluding carboxylic acids is 1. The number of nitrogens with one attached hydrogen (secondary N) is 1. The van der Waals surface area contributed by atoms with Crippen LogP contribution >= 0.6 is 0 Å². The van der Waals surface area contributed by atoms with Crippen LogP contribution in [0.2, 0.25) is 0 Å². The summed E-state index contributed by atoms with van der Waals surface area (Å²) in [4.78, 5) is 12.1. The number of benzene rings is 2. The van der Waals surface area contributed by atoms with Gasteiger partial charge in [0.05, 0.1) is 12.8 Å². The van der Waals surface area contributed by atoms with Gasteiger partial charge in [0.15, 0.2) is 0 Å². The molecule has 27 heavy (non-hydrogen) atoms. The number of aromatic nitrogens is 3. The fraction of sp³-hybridized carbons (Fsp3) is 0.250. The lowest BCUT2D eigenvalue weighted by atomic mass is 10.1. The van der Waals surface area contributed by atoms with E-state index >= 15 is 0 Å². The maximum Gasteiger partial charge on any atom is 0.242 e. The first-order valence-electron chi connectivity index (χ1n) is 8.62. The largest absolute Gasteiger partial charge is 0.382 e. The van der Waals surface area contributed by atoms with Gasteiger partial charge in [0, 0.05) is 13.7 Å². The van der Waals surface area contributed by atoms with Crippen LogP contribution in [0.5, 0.6) is 0 Å². The minimum absolute atomic E-state index is 0.0380. The average molecular weight is 366 g/mol. The molecule has 3 aromatic rings. The number of amides is 1. The smallest absolute Gasteiger partial charge is 0.242 e. The third-order valence-corrected chi connectivity index (χ3v) is 4.08. The Morgan fingerprint density at radius 1 is 1.15 bits per heavy atom. The summed E-state index contributed by atoms with van der Waals surface area (Å²) in [6, 6.07) is 17.1. The van der Waals surface area contributed by atoms with Crippen molar-refractivity contribution in [2.75, 3.05) is 7.11 Å². The van der Waals surface area contributed by atoms with Crippen LogP contribution in [0.1, 0.15) is 28.5 Å². The molecular weight excluding hydrogens is 344 g/mol. The summed E-state index contributed by atoms with van der Waals surface area (Å²) in [6.07, 6.45) is 0.713. The van der Waals surface area contributed by atoms with Gasteiger partial charge in [-0.1, -0.05) is 59.8 Å². The van der Waals surface area contributed by atoms with Crippen LogP contribution in [-0.4, -0.2) is 33.1 Å². The van der Waals surface area contributed by atoms with Crippen molar-refractivity contribution in [1.29, 1.82) is 0 Å². The number of methoxy groups -OCH3 is 1. The maximum absolute atomic E-state index is 12.1. The first-order chi connectivity index (χ1) is 13.2. The molecule has 0 fully saturated rings. The molecule has 0 aliphatic rings. The third kappa shape index (κ3) is 5.22. The van der Waals surface area contributed by atoms with Crippen LogP contribution in [0.4, 0.5) is 0 Å². The van der Waals surface area contributed by atoms with Crippen LogP contribution in [-0.2, 0) is 29.2 Å². The van der Waals surface area contributed by atoms with Gasteiger partial charge >= 0.3 is 0 Å². The van der Waals surface area contributed by atoms with Crippen molar-refractivity contribution >= 4 is 5.91 Å². The molecule has 1 amide bonds. The van der Waals surface area contributed by atoms with Crippen LogP contribution < -0.4 is 5.32 Å². The van der Waals surface area contributed by atoms with E-state index in [1.807, 2.05) is 54.6 Å². The monoisotopic (exact) mass is 366 g/mol. The Balaban J connectivity index is 1.52. The zero-order valence-electron chi connectivity index (χ0n) is 15.1. The van der Waals surface area contributed by atoms with E-state index < -0.39 is 6.10 Å². The molecule has 1 heterocycles. The third-order valence-electron chi connectivity index (χ3n) is 4.08. The fourth-order valence-electron chi connectivity index (χ4n) is 2.65. The Kier molecular flexibility index (Phi) is 6.30. The van der Waals surface area contributed by atoms with Crippen molar-refractivity contribution in [2.45, 2.75) is 25.8 Å². The zero-order valence-corrected chi connectivity index (χ0v) is 15.1. The molecule has 3 rings (SSSR count). The average Bonchev–Trinajstić information content (AvgIpc) is 3.16. The molecule has 7 heteroatoms. The van der Waals surface area contributed by atoms with E-state index in [0.29, 0.717) is 18.8 Å². The lowest BCUT2D eigenvalue weighted by molar-refractivity contribution is -0.122. The maximum atomic E-state index is 12.1. The molecule has 0 spiro atoms. The normalized spacial score (nSPS) is 11.9. The molecule has 140 valence electrons. The summed E-state index contributed by atoms with van der Waals surface area (Å²) in [5.41, 5.74) is 3.22. The number of nitrogens with zero attached hydrogens (tertiary/aromatic N) is 3. The molecule has 1 aromatic heterocycles. The summed E-state index contributed by atoms with van der Waals surface area (Å²) < 4.78 is 6.49. The molecular formula is C20H22N4O3. The molecule has 0 radical (unpaired) electrons. The molecule has 2 N–H and O–H groups in total. The predicted molar refractivity (Wildman–Crippen MR) is 99.5 cm³/mol. The van der Waals surface area contributed by atoms with E-state index in [1.165, 1.54) is 4.68 Å². The highest BCUT2D eigenvalue weighted by atomic mass is 16.5. The molecule has 0 unspecified atom stereocenters. The number of hydrogen-bond acceptors (Lipinski definition) is 5. The number of rotatable bonds is 8. The van der Waals surface area contributed by atoms with E-state index in [1.54, 1.807) is 13.3 Å². The molecule has 2 aromatic carbocycles. The standard InChI is InChI=1S/C20H22N4O3/c1-27-14-16-9-7-15(8-10-16)11-21-19(25)13-24-12-18(22-23-24)20(26)17-5-3-2-4-6-17/h2-10,12,20,26H,11,13-14H2,1H3,(H,21,25)/t20-/m1/s1. The Bertz CT molecular complexity index is 862. The summed E-state index contributed by atoms with van der Waals surface area (Å²) in [5, 5.41) is 21.1.